The van der Waals surface area contributed by atoms with Gasteiger partial charge in [0.25, 0.3) is 5.91 Å². The lowest BCUT2D eigenvalue weighted by atomic mass is 10.1. The molecule has 1 amide bonds. The van der Waals surface area contributed by atoms with Crippen LogP contribution in [-0.2, 0) is 0 Å². The van der Waals surface area contributed by atoms with E-state index in [-0.39, 0.29) is 11.9 Å². The first-order valence-corrected chi connectivity index (χ1v) is 6.75. The largest absolute Gasteiger partial charge is 0.398 e. The monoisotopic (exact) mass is 283 g/mol. The second kappa shape index (κ2) is 6.78. The molecule has 0 fully saturated rings. The van der Waals surface area contributed by atoms with E-state index in [9.17, 15) is 4.79 Å². The van der Waals surface area contributed by atoms with E-state index in [1.807, 2.05) is 32.8 Å². The number of nitrogens with two attached hydrogens (primary N) is 1. The van der Waals surface area contributed by atoms with Gasteiger partial charge in [0.05, 0.1) is 10.7 Å². The smallest absolute Gasteiger partial charge is 0.254 e. The molecule has 0 saturated carbocycles. The van der Waals surface area contributed by atoms with Gasteiger partial charge < -0.3 is 15.5 Å². The van der Waals surface area contributed by atoms with Crippen molar-refractivity contribution in [3.05, 3.63) is 28.8 Å². The second-order valence-electron chi connectivity index (χ2n) is 4.94. The minimum absolute atomic E-state index is 0.0150. The van der Waals surface area contributed by atoms with Crippen molar-refractivity contribution in [2.24, 2.45) is 0 Å². The number of amides is 1. The molecule has 0 aliphatic carbocycles. The van der Waals surface area contributed by atoms with E-state index in [1.54, 1.807) is 18.2 Å². The van der Waals surface area contributed by atoms with E-state index in [0.29, 0.717) is 22.8 Å². The first kappa shape index (κ1) is 15.8. The molecule has 0 radical (unpaired) electrons. The predicted molar refractivity (Wildman–Crippen MR) is 80.6 cm³/mol. The summed E-state index contributed by atoms with van der Waals surface area (Å²) in [6.45, 7) is 5.50. The summed E-state index contributed by atoms with van der Waals surface area (Å²) in [5.74, 6) is -0.0150. The van der Waals surface area contributed by atoms with Crippen LogP contribution in [0.3, 0.4) is 0 Å². The van der Waals surface area contributed by atoms with Gasteiger partial charge in [0.2, 0.25) is 0 Å². The van der Waals surface area contributed by atoms with Crippen molar-refractivity contribution in [1.82, 2.24) is 9.80 Å². The van der Waals surface area contributed by atoms with Gasteiger partial charge in [-0.1, -0.05) is 11.6 Å². The predicted octanol–water partition coefficient (Wildman–Crippen LogP) is 2.33. The van der Waals surface area contributed by atoms with Crippen molar-refractivity contribution in [3.8, 4) is 0 Å². The average Bonchev–Trinajstić information content (AvgIpc) is 2.32. The fraction of sp³-hybridized carbons (Fsp3) is 0.500. The summed E-state index contributed by atoms with van der Waals surface area (Å²) < 4.78 is 0. The molecule has 1 unspecified atom stereocenters. The first-order valence-electron chi connectivity index (χ1n) is 6.37. The summed E-state index contributed by atoms with van der Waals surface area (Å²) in [5.41, 5.74) is 6.72. The fourth-order valence-corrected chi connectivity index (χ4v) is 2.29. The Morgan fingerprint density at radius 1 is 1.42 bits per heavy atom. The number of hydrogen-bond acceptors (Lipinski definition) is 3. The van der Waals surface area contributed by atoms with Gasteiger partial charge in [0, 0.05) is 24.7 Å². The van der Waals surface area contributed by atoms with E-state index in [0.717, 1.165) is 6.54 Å². The third-order valence-electron chi connectivity index (χ3n) is 3.01. The molecular formula is C14H22ClN3O. The topological polar surface area (TPSA) is 49.6 Å². The number of halogens is 1. The number of nitrogen functional groups attached to an aromatic ring is 1. The minimum atomic E-state index is -0.0150. The van der Waals surface area contributed by atoms with Crippen molar-refractivity contribution in [2.45, 2.75) is 19.9 Å². The van der Waals surface area contributed by atoms with Gasteiger partial charge >= 0.3 is 0 Å². The highest BCUT2D eigenvalue weighted by Gasteiger charge is 2.20. The van der Waals surface area contributed by atoms with Gasteiger partial charge in [-0.25, -0.2) is 0 Å². The summed E-state index contributed by atoms with van der Waals surface area (Å²) in [5, 5.41) is 0.419. The Labute approximate surface area is 120 Å². The molecule has 0 aromatic heterocycles. The van der Waals surface area contributed by atoms with E-state index in [4.69, 9.17) is 17.3 Å². The molecule has 0 spiro atoms. The highest BCUT2D eigenvalue weighted by molar-refractivity contribution is 6.33. The molecule has 1 aromatic rings. The highest BCUT2D eigenvalue weighted by atomic mass is 35.5. The summed E-state index contributed by atoms with van der Waals surface area (Å²) >= 11 is 5.97. The lowest BCUT2D eigenvalue weighted by Gasteiger charge is -2.30. The van der Waals surface area contributed by atoms with E-state index < -0.39 is 0 Å². The van der Waals surface area contributed by atoms with E-state index >= 15 is 0 Å². The van der Waals surface area contributed by atoms with Crippen LogP contribution in [0.15, 0.2) is 18.2 Å². The van der Waals surface area contributed by atoms with Crippen LogP contribution in [0.5, 0.6) is 0 Å². The van der Waals surface area contributed by atoms with Crippen LogP contribution in [0.2, 0.25) is 5.02 Å². The molecular weight excluding hydrogens is 262 g/mol. The van der Waals surface area contributed by atoms with Gasteiger partial charge in [-0.3, -0.25) is 4.79 Å². The van der Waals surface area contributed by atoms with E-state index in [1.165, 1.54) is 0 Å². The zero-order chi connectivity index (χ0) is 14.6. The molecule has 2 N–H and O–H groups in total. The maximum absolute atomic E-state index is 12.5. The number of likely N-dealkylation sites (N-methyl/N-ethyl adjacent to an activating group) is 2. The van der Waals surface area contributed by atoms with Gasteiger partial charge in [0.1, 0.15) is 0 Å². The molecule has 0 saturated heterocycles. The van der Waals surface area contributed by atoms with Gasteiger partial charge in [-0.05, 0) is 46.1 Å². The van der Waals surface area contributed by atoms with Crippen LogP contribution in [0.1, 0.15) is 24.2 Å². The highest BCUT2D eigenvalue weighted by Crippen LogP contribution is 2.21. The normalized spacial score (nSPS) is 12.5. The number of nitrogens with zero attached hydrogens (tertiary/aromatic N) is 2. The molecule has 106 valence electrons. The second-order valence-corrected chi connectivity index (χ2v) is 5.35. The molecule has 0 aliphatic rings. The molecule has 1 atom stereocenters. The van der Waals surface area contributed by atoms with E-state index in [2.05, 4.69) is 4.90 Å². The lowest BCUT2D eigenvalue weighted by Crippen LogP contribution is -2.43. The number of carbonyl (C=O) groups excluding carboxylic acids is 1. The summed E-state index contributed by atoms with van der Waals surface area (Å²) in [6, 6.07) is 5.16. The maximum atomic E-state index is 12.5. The SMILES string of the molecule is CCN(C(=O)c1ccc(N)c(Cl)c1)C(C)CN(C)C. The molecule has 19 heavy (non-hydrogen) atoms. The number of benzene rings is 1. The Kier molecular flexibility index (Phi) is 5.63. The van der Waals surface area contributed by atoms with Crippen molar-refractivity contribution in [3.63, 3.8) is 0 Å². The average molecular weight is 284 g/mol. The molecule has 5 heteroatoms. The Balaban J connectivity index is 2.91. The molecule has 0 aliphatic heterocycles. The Hall–Kier alpha value is -1.26. The van der Waals surface area contributed by atoms with Crippen LogP contribution in [0.4, 0.5) is 5.69 Å². The van der Waals surface area contributed by atoms with Crippen molar-refractivity contribution in [1.29, 1.82) is 0 Å². The number of carbonyl (C=O) groups is 1. The van der Waals surface area contributed by atoms with Crippen molar-refractivity contribution in [2.75, 3.05) is 32.9 Å². The summed E-state index contributed by atoms with van der Waals surface area (Å²) in [7, 11) is 3.99. The van der Waals surface area contributed by atoms with Crippen molar-refractivity contribution < 1.29 is 4.79 Å². The molecule has 0 heterocycles. The zero-order valence-corrected chi connectivity index (χ0v) is 12.7. The molecule has 4 nitrogen and oxygen atoms in total. The van der Waals surface area contributed by atoms with Crippen LogP contribution in [0, 0.1) is 0 Å². The van der Waals surface area contributed by atoms with Gasteiger partial charge in [-0.2, -0.15) is 0 Å². The minimum Gasteiger partial charge on any atom is -0.398 e. The Morgan fingerprint density at radius 3 is 2.53 bits per heavy atom. The van der Waals surface area contributed by atoms with Crippen molar-refractivity contribution >= 4 is 23.2 Å². The van der Waals surface area contributed by atoms with Crippen LogP contribution in [-0.4, -0.2) is 48.9 Å². The standard InChI is InChI=1S/C14H22ClN3O/c1-5-18(10(2)9-17(3)4)14(19)11-6-7-13(16)12(15)8-11/h6-8,10H,5,9,16H2,1-4H3. The number of hydrogen-bond donors (Lipinski definition) is 1. The molecule has 1 aromatic carbocycles. The van der Waals surface area contributed by atoms with Crippen LogP contribution < -0.4 is 5.73 Å². The Bertz CT molecular complexity index is 448. The van der Waals surface area contributed by atoms with Crippen LogP contribution >= 0.6 is 11.6 Å². The first-order chi connectivity index (χ1) is 8.86. The third-order valence-corrected chi connectivity index (χ3v) is 3.34. The van der Waals surface area contributed by atoms with Crippen LogP contribution in [0.25, 0.3) is 0 Å². The summed E-state index contributed by atoms with van der Waals surface area (Å²) in [4.78, 5) is 16.4. The maximum Gasteiger partial charge on any atom is 0.254 e. The fourth-order valence-electron chi connectivity index (χ4n) is 2.11. The lowest BCUT2D eigenvalue weighted by molar-refractivity contribution is 0.0679. The summed E-state index contributed by atoms with van der Waals surface area (Å²) in [6.07, 6.45) is 0. The third kappa shape index (κ3) is 4.11. The quantitative estimate of drug-likeness (QED) is 0.844. The molecule has 0 bridgehead atoms. The van der Waals surface area contributed by atoms with Gasteiger partial charge in [0.15, 0.2) is 0 Å². The zero-order valence-electron chi connectivity index (χ0n) is 12.0. The molecule has 1 rings (SSSR count). The Morgan fingerprint density at radius 2 is 2.05 bits per heavy atom. The number of rotatable bonds is 5. The van der Waals surface area contributed by atoms with Gasteiger partial charge in [-0.15, -0.1) is 0 Å². The number of anilines is 1.